The molecule has 2 amide bonds. The Labute approximate surface area is 232 Å². The molecule has 1 saturated heterocycles. The Kier molecular flexibility index (Phi) is 9.01. The first-order valence-corrected chi connectivity index (χ1v) is 13.6. The summed E-state index contributed by atoms with van der Waals surface area (Å²) in [5.41, 5.74) is 13.1. The van der Waals surface area contributed by atoms with Gasteiger partial charge in [0.25, 0.3) is 5.91 Å². The fourth-order valence-corrected chi connectivity index (χ4v) is 5.06. The van der Waals surface area contributed by atoms with E-state index in [4.69, 9.17) is 32.8 Å². The van der Waals surface area contributed by atoms with Crippen LogP contribution in [0.1, 0.15) is 67.1 Å². The number of carbonyl (C=O) groups is 3. The summed E-state index contributed by atoms with van der Waals surface area (Å²) in [5.74, 6) is -0.161. The third-order valence-electron chi connectivity index (χ3n) is 7.20. The highest BCUT2D eigenvalue weighted by atomic mass is 35.5. The molecular weight excluding hydrogens is 522 g/mol. The van der Waals surface area contributed by atoms with Crippen molar-refractivity contribution in [1.82, 2.24) is 20.2 Å². The molecule has 1 aromatic carbocycles. The number of hydrogen-bond donors (Lipinski definition) is 3. The molecule has 0 saturated carbocycles. The van der Waals surface area contributed by atoms with E-state index in [9.17, 15) is 14.4 Å². The van der Waals surface area contributed by atoms with Crippen molar-refractivity contribution in [2.24, 2.45) is 4.99 Å². The molecule has 0 aliphatic carbocycles. The molecule has 12 heteroatoms. The van der Waals surface area contributed by atoms with Crippen molar-refractivity contribution >= 4 is 46.9 Å². The Morgan fingerprint density at radius 2 is 1.64 bits per heavy atom. The molecule has 208 valence electrons. The Balaban J connectivity index is 1.23. The third kappa shape index (κ3) is 7.23. The number of nitrogen functional groups attached to an aromatic ring is 2. The monoisotopic (exact) mass is 555 g/mol. The standard InChI is InChI=1S/C27H34ClN7O4/c1-2-39-21(37)10-8-18-5-3-17(4-6-18)7-9-20(36)35-15-13-27(14-16-35)12-11-19(34-27)31-26(38)22-24(29)33-25(30)23(28)32-22/h3-6H,2,7-16H2,1H3,(H4,29,30,33)(H,31,34,38). The van der Waals surface area contributed by atoms with Crippen LogP contribution in [0.15, 0.2) is 29.3 Å². The number of esters is 1. The lowest BCUT2D eigenvalue weighted by molar-refractivity contribution is -0.143. The van der Waals surface area contributed by atoms with Gasteiger partial charge in [-0.05, 0) is 50.2 Å². The van der Waals surface area contributed by atoms with Gasteiger partial charge in [0.1, 0.15) is 5.84 Å². The lowest BCUT2D eigenvalue weighted by atomic mass is 9.86. The Bertz CT molecular complexity index is 1260. The summed E-state index contributed by atoms with van der Waals surface area (Å²) in [5, 5.41) is 2.69. The van der Waals surface area contributed by atoms with E-state index < -0.39 is 5.91 Å². The van der Waals surface area contributed by atoms with Crippen LogP contribution in [-0.4, -0.2) is 63.7 Å². The van der Waals surface area contributed by atoms with Crippen molar-refractivity contribution < 1.29 is 19.1 Å². The van der Waals surface area contributed by atoms with E-state index in [1.54, 1.807) is 6.92 Å². The lowest BCUT2D eigenvalue weighted by Gasteiger charge is -2.37. The van der Waals surface area contributed by atoms with Gasteiger partial charge in [-0.2, -0.15) is 0 Å². The van der Waals surface area contributed by atoms with Gasteiger partial charge in [-0.15, -0.1) is 0 Å². The first-order valence-electron chi connectivity index (χ1n) is 13.2. The van der Waals surface area contributed by atoms with Crippen LogP contribution in [0.4, 0.5) is 11.6 Å². The van der Waals surface area contributed by atoms with Crippen LogP contribution in [0.25, 0.3) is 0 Å². The number of benzene rings is 1. The van der Waals surface area contributed by atoms with Gasteiger partial charge < -0.3 is 26.4 Å². The summed E-state index contributed by atoms with van der Waals surface area (Å²) in [6.07, 6.45) is 4.99. The minimum absolute atomic E-state index is 0.0371. The van der Waals surface area contributed by atoms with Crippen LogP contribution in [-0.2, 0) is 27.2 Å². The van der Waals surface area contributed by atoms with Crippen LogP contribution in [0.5, 0.6) is 0 Å². The van der Waals surface area contributed by atoms with Crippen molar-refractivity contribution in [1.29, 1.82) is 0 Å². The normalized spacial score (nSPS) is 16.2. The maximum absolute atomic E-state index is 12.9. The van der Waals surface area contributed by atoms with Gasteiger partial charge in [-0.25, -0.2) is 9.97 Å². The summed E-state index contributed by atoms with van der Waals surface area (Å²) in [7, 11) is 0. The number of hydrogen-bond acceptors (Lipinski definition) is 9. The average molecular weight is 556 g/mol. The van der Waals surface area contributed by atoms with Crippen LogP contribution < -0.4 is 16.8 Å². The zero-order valence-electron chi connectivity index (χ0n) is 22.0. The summed E-state index contributed by atoms with van der Waals surface area (Å²) >= 11 is 5.88. The zero-order chi connectivity index (χ0) is 28.0. The molecule has 3 heterocycles. The Morgan fingerprint density at radius 1 is 1.00 bits per heavy atom. The molecule has 0 unspecified atom stereocenters. The van der Waals surface area contributed by atoms with Crippen molar-refractivity contribution in [2.45, 2.75) is 63.8 Å². The molecule has 2 aromatic rings. The average Bonchev–Trinajstić information content (AvgIpc) is 3.30. The highest BCUT2D eigenvalue weighted by Gasteiger charge is 2.39. The number of aromatic nitrogens is 2. The maximum Gasteiger partial charge on any atom is 0.306 e. The number of piperidine rings is 1. The van der Waals surface area contributed by atoms with Gasteiger partial charge in [-0.1, -0.05) is 35.9 Å². The lowest BCUT2D eigenvalue weighted by Crippen LogP contribution is -2.45. The number of carbonyl (C=O) groups excluding carboxylic acids is 3. The number of amides is 2. The zero-order valence-corrected chi connectivity index (χ0v) is 22.8. The summed E-state index contributed by atoms with van der Waals surface area (Å²) in [6, 6.07) is 8.03. The van der Waals surface area contributed by atoms with E-state index in [1.807, 2.05) is 29.2 Å². The number of halogens is 1. The summed E-state index contributed by atoms with van der Waals surface area (Å²) < 4.78 is 4.97. The number of ether oxygens (including phenoxy) is 1. The molecule has 5 N–H and O–H groups in total. The van der Waals surface area contributed by atoms with Crippen molar-refractivity contribution in [3.63, 3.8) is 0 Å². The third-order valence-corrected chi connectivity index (χ3v) is 7.48. The topological polar surface area (TPSA) is 166 Å². The second-order valence-corrected chi connectivity index (χ2v) is 10.2. The van der Waals surface area contributed by atoms with Gasteiger partial charge >= 0.3 is 5.97 Å². The molecule has 11 nitrogen and oxygen atoms in total. The fraction of sp³-hybridized carbons (Fsp3) is 0.481. The van der Waals surface area contributed by atoms with Crippen molar-refractivity contribution in [2.75, 3.05) is 31.2 Å². The van der Waals surface area contributed by atoms with Crippen LogP contribution >= 0.6 is 11.6 Å². The minimum Gasteiger partial charge on any atom is -0.466 e. The SMILES string of the molecule is CCOC(=O)CCc1ccc(CCC(=O)N2CCC3(CCC(NC(=O)c4nc(Cl)c(N)nc4N)=N3)CC2)cc1. The number of nitrogens with one attached hydrogen (secondary N) is 1. The Morgan fingerprint density at radius 3 is 2.28 bits per heavy atom. The predicted molar refractivity (Wildman–Crippen MR) is 148 cm³/mol. The predicted octanol–water partition coefficient (Wildman–Crippen LogP) is 2.71. The van der Waals surface area contributed by atoms with E-state index in [2.05, 4.69) is 15.3 Å². The smallest absolute Gasteiger partial charge is 0.306 e. The van der Waals surface area contributed by atoms with Crippen molar-refractivity contribution in [3.05, 3.63) is 46.2 Å². The van der Waals surface area contributed by atoms with Gasteiger partial charge in [0, 0.05) is 32.4 Å². The molecule has 1 fully saturated rings. The molecular formula is C27H34ClN7O4. The molecule has 1 aromatic heterocycles. The molecule has 4 rings (SSSR count). The minimum atomic E-state index is -0.530. The maximum atomic E-state index is 12.9. The van der Waals surface area contributed by atoms with Crippen molar-refractivity contribution in [3.8, 4) is 0 Å². The van der Waals surface area contributed by atoms with E-state index in [0.29, 0.717) is 57.6 Å². The number of nitrogens with zero attached hydrogens (tertiary/aromatic N) is 4. The van der Waals surface area contributed by atoms with E-state index in [1.165, 1.54) is 0 Å². The van der Waals surface area contributed by atoms with E-state index in [-0.39, 0.29) is 39.9 Å². The first-order chi connectivity index (χ1) is 18.7. The van der Waals surface area contributed by atoms with Gasteiger partial charge in [0.15, 0.2) is 22.5 Å². The van der Waals surface area contributed by atoms with Gasteiger partial charge in [0.05, 0.1) is 12.1 Å². The number of anilines is 2. The summed E-state index contributed by atoms with van der Waals surface area (Å²) in [4.78, 5) is 51.5. The molecule has 2 aliphatic heterocycles. The number of aliphatic imine (C=N–C) groups is 1. The number of likely N-dealkylation sites (tertiary alicyclic amines) is 1. The van der Waals surface area contributed by atoms with E-state index >= 15 is 0 Å². The second kappa shape index (κ2) is 12.4. The number of amidine groups is 1. The quantitative estimate of drug-likeness (QED) is 0.418. The second-order valence-electron chi connectivity index (χ2n) is 9.87. The Hall–Kier alpha value is -3.73. The molecule has 0 bridgehead atoms. The largest absolute Gasteiger partial charge is 0.466 e. The molecule has 39 heavy (non-hydrogen) atoms. The van der Waals surface area contributed by atoms with Crippen LogP contribution in [0.2, 0.25) is 5.15 Å². The first kappa shape index (κ1) is 28.3. The van der Waals surface area contributed by atoms with Crippen LogP contribution in [0.3, 0.4) is 0 Å². The van der Waals surface area contributed by atoms with Gasteiger partial charge in [-0.3, -0.25) is 19.4 Å². The summed E-state index contributed by atoms with van der Waals surface area (Å²) in [6.45, 7) is 3.44. The van der Waals surface area contributed by atoms with Crippen LogP contribution in [0, 0.1) is 0 Å². The highest BCUT2D eigenvalue weighted by molar-refractivity contribution is 6.31. The van der Waals surface area contributed by atoms with Gasteiger partial charge in [0.2, 0.25) is 5.91 Å². The molecule has 2 aliphatic rings. The fourth-order valence-electron chi connectivity index (χ4n) is 4.93. The molecule has 0 radical (unpaired) electrons. The van der Waals surface area contributed by atoms with E-state index in [0.717, 1.165) is 30.4 Å². The highest BCUT2D eigenvalue weighted by Crippen LogP contribution is 2.36. The number of aryl methyl sites for hydroxylation is 2. The number of rotatable bonds is 8. The molecule has 1 spiro atoms. The number of nitrogens with two attached hydrogens (primary N) is 2. The molecule has 0 atom stereocenters.